The van der Waals surface area contributed by atoms with Crippen LogP contribution in [0.3, 0.4) is 0 Å². The van der Waals surface area contributed by atoms with Crippen LogP contribution in [-0.2, 0) is 11.3 Å². The first-order valence-electron chi connectivity index (χ1n) is 9.63. The Kier molecular flexibility index (Phi) is 7.62. The van der Waals surface area contributed by atoms with Crippen LogP contribution in [-0.4, -0.2) is 24.9 Å². The SMILES string of the molecule is CCOC(NCCO)c1ccc(OCc2ccccc2)cc1.c1cc2cc-2c1. The Morgan fingerprint density at radius 3 is 2.14 bits per heavy atom. The molecule has 0 amide bonds. The van der Waals surface area contributed by atoms with Crippen molar-refractivity contribution in [3.63, 3.8) is 0 Å². The van der Waals surface area contributed by atoms with Gasteiger partial charge < -0.3 is 14.6 Å². The molecule has 2 aromatic carbocycles. The maximum atomic E-state index is 8.91. The van der Waals surface area contributed by atoms with Gasteiger partial charge in [-0.05, 0) is 47.4 Å². The van der Waals surface area contributed by atoms with Crippen molar-refractivity contribution in [1.82, 2.24) is 5.32 Å². The van der Waals surface area contributed by atoms with Gasteiger partial charge in [-0.3, -0.25) is 5.32 Å². The number of hydrogen-bond donors (Lipinski definition) is 2. The Hall–Kier alpha value is -2.66. The van der Waals surface area contributed by atoms with Crippen LogP contribution in [0.5, 0.6) is 5.75 Å². The number of rotatable bonds is 9. The van der Waals surface area contributed by atoms with E-state index >= 15 is 0 Å². The molecule has 1 unspecified atom stereocenters. The molecule has 2 aliphatic carbocycles. The van der Waals surface area contributed by atoms with E-state index < -0.39 is 0 Å². The van der Waals surface area contributed by atoms with Crippen LogP contribution in [0.25, 0.3) is 11.1 Å². The minimum atomic E-state index is -0.208. The summed E-state index contributed by atoms with van der Waals surface area (Å²) in [4.78, 5) is 0. The zero-order valence-corrected chi connectivity index (χ0v) is 16.2. The summed E-state index contributed by atoms with van der Waals surface area (Å²) in [6.45, 7) is 3.69. The molecule has 1 atom stereocenters. The van der Waals surface area contributed by atoms with Gasteiger partial charge in [-0.1, -0.05) is 60.7 Å². The predicted molar refractivity (Wildman–Crippen MR) is 112 cm³/mol. The molecule has 28 heavy (non-hydrogen) atoms. The highest BCUT2D eigenvalue weighted by molar-refractivity contribution is 5.80. The number of hydrogen-bond acceptors (Lipinski definition) is 4. The number of ether oxygens (including phenoxy) is 2. The topological polar surface area (TPSA) is 50.7 Å². The molecule has 4 nitrogen and oxygen atoms in total. The number of aliphatic hydroxyl groups is 1. The smallest absolute Gasteiger partial charge is 0.134 e. The van der Waals surface area contributed by atoms with Crippen LogP contribution in [0, 0.1) is 0 Å². The fourth-order valence-corrected chi connectivity index (χ4v) is 2.79. The molecular weight excluding hydrogens is 350 g/mol. The van der Waals surface area contributed by atoms with Crippen LogP contribution < -0.4 is 10.1 Å². The molecule has 0 bridgehead atoms. The first-order chi connectivity index (χ1) is 13.8. The van der Waals surface area contributed by atoms with E-state index in [0.29, 0.717) is 19.8 Å². The maximum absolute atomic E-state index is 8.91. The Morgan fingerprint density at radius 2 is 1.61 bits per heavy atom. The van der Waals surface area contributed by atoms with Gasteiger partial charge >= 0.3 is 0 Å². The van der Waals surface area contributed by atoms with Crippen molar-refractivity contribution in [2.75, 3.05) is 19.8 Å². The lowest BCUT2D eigenvalue weighted by Crippen LogP contribution is -2.26. The van der Waals surface area contributed by atoms with Gasteiger partial charge in [-0.15, -0.1) is 0 Å². The quantitative estimate of drug-likeness (QED) is 0.420. The monoisotopic (exact) mass is 377 g/mol. The number of benzene rings is 3. The molecule has 0 aromatic heterocycles. The molecule has 0 heterocycles. The van der Waals surface area contributed by atoms with Gasteiger partial charge in [0.2, 0.25) is 0 Å². The van der Waals surface area contributed by atoms with Crippen molar-refractivity contribution in [2.24, 2.45) is 0 Å². The summed E-state index contributed by atoms with van der Waals surface area (Å²) in [6, 6.07) is 26.4. The molecular formula is C24H27NO3. The Morgan fingerprint density at radius 1 is 0.893 bits per heavy atom. The van der Waals surface area contributed by atoms with E-state index in [2.05, 4.69) is 29.6 Å². The van der Waals surface area contributed by atoms with Crippen molar-refractivity contribution in [3.8, 4) is 16.9 Å². The maximum Gasteiger partial charge on any atom is 0.134 e. The molecule has 2 N–H and O–H groups in total. The number of nitrogens with one attached hydrogen (secondary N) is 1. The van der Waals surface area contributed by atoms with Crippen LogP contribution in [0.1, 0.15) is 24.3 Å². The highest BCUT2D eigenvalue weighted by atomic mass is 16.5. The second-order valence-electron chi connectivity index (χ2n) is 6.44. The second kappa shape index (κ2) is 10.6. The predicted octanol–water partition coefficient (Wildman–Crippen LogP) is 4.55. The third-order valence-corrected chi connectivity index (χ3v) is 4.32. The molecule has 4 heteroatoms. The molecule has 0 radical (unpaired) electrons. The van der Waals surface area contributed by atoms with Gasteiger partial charge in [0.05, 0.1) is 6.61 Å². The van der Waals surface area contributed by atoms with Crippen molar-refractivity contribution in [2.45, 2.75) is 19.8 Å². The van der Waals surface area contributed by atoms with Gasteiger partial charge in [0, 0.05) is 13.2 Å². The number of fused-ring (bicyclic) bond motifs is 1. The molecule has 0 saturated heterocycles. The molecule has 0 spiro atoms. The van der Waals surface area contributed by atoms with E-state index in [1.54, 1.807) is 0 Å². The Balaban J connectivity index is 0.000000311. The molecule has 2 aromatic rings. The van der Waals surface area contributed by atoms with Gasteiger partial charge in [0.15, 0.2) is 0 Å². The van der Waals surface area contributed by atoms with E-state index in [9.17, 15) is 0 Å². The fraction of sp³-hybridized carbons (Fsp3) is 0.250. The summed E-state index contributed by atoms with van der Waals surface area (Å²) in [5, 5.41) is 12.1. The minimum absolute atomic E-state index is 0.0852. The molecule has 146 valence electrons. The highest BCUT2D eigenvalue weighted by Crippen LogP contribution is 2.32. The average Bonchev–Trinajstić information content (AvgIpc) is 3.35. The largest absolute Gasteiger partial charge is 0.489 e. The standard InChI is InChI=1S/C18H23NO3.C6H4/c1-2-21-18(19-12-13-20)16-8-10-17(11-9-16)22-14-15-6-4-3-5-7-15;1-2-5-4-6(5)3-1/h3-11,18-20H,2,12-14H2,1H3;1-4H. The Labute approximate surface area is 166 Å². The van der Waals surface area contributed by atoms with E-state index in [0.717, 1.165) is 16.9 Å². The van der Waals surface area contributed by atoms with Crippen molar-refractivity contribution >= 4 is 0 Å². The van der Waals surface area contributed by atoms with E-state index in [-0.39, 0.29) is 12.8 Å². The summed E-state index contributed by atoms with van der Waals surface area (Å²) in [5.41, 5.74) is 5.01. The van der Waals surface area contributed by atoms with Crippen LogP contribution in [0.2, 0.25) is 0 Å². The van der Waals surface area contributed by atoms with E-state index in [4.69, 9.17) is 14.6 Å². The summed E-state index contributed by atoms with van der Waals surface area (Å²) in [7, 11) is 0. The third-order valence-electron chi connectivity index (χ3n) is 4.32. The van der Waals surface area contributed by atoms with Crippen molar-refractivity contribution in [3.05, 3.63) is 90.0 Å². The first kappa shape index (κ1) is 20.1. The third kappa shape index (κ3) is 6.20. The van der Waals surface area contributed by atoms with Gasteiger partial charge in [-0.25, -0.2) is 0 Å². The lowest BCUT2D eigenvalue weighted by Gasteiger charge is -2.19. The fourth-order valence-electron chi connectivity index (χ4n) is 2.79. The normalized spacial score (nSPS) is 11.9. The van der Waals surface area contributed by atoms with Gasteiger partial charge in [0.25, 0.3) is 0 Å². The number of aliphatic hydroxyl groups excluding tert-OH is 1. The first-order valence-corrected chi connectivity index (χ1v) is 9.63. The summed E-state index contributed by atoms with van der Waals surface area (Å²) in [6.07, 6.45) is -0.208. The second-order valence-corrected chi connectivity index (χ2v) is 6.44. The van der Waals surface area contributed by atoms with Crippen LogP contribution in [0.15, 0.2) is 78.9 Å². The molecule has 0 aliphatic heterocycles. The summed E-state index contributed by atoms with van der Waals surface area (Å²) in [5.74, 6) is 0.824. The lowest BCUT2D eigenvalue weighted by atomic mass is 10.2. The zero-order valence-electron chi connectivity index (χ0n) is 16.2. The van der Waals surface area contributed by atoms with Crippen LogP contribution in [0.4, 0.5) is 0 Å². The van der Waals surface area contributed by atoms with E-state index in [1.165, 1.54) is 11.1 Å². The minimum Gasteiger partial charge on any atom is -0.489 e. The molecule has 4 rings (SSSR count). The molecule has 0 saturated carbocycles. The molecule has 2 aliphatic rings. The van der Waals surface area contributed by atoms with Gasteiger partial charge in [-0.2, -0.15) is 0 Å². The zero-order chi connectivity index (χ0) is 19.6. The summed E-state index contributed by atoms with van der Waals surface area (Å²) >= 11 is 0. The average molecular weight is 377 g/mol. The highest BCUT2D eigenvalue weighted by Gasteiger charge is 2.10. The summed E-state index contributed by atoms with van der Waals surface area (Å²) < 4.78 is 11.4. The Bertz CT molecular complexity index is 817. The molecule has 0 fully saturated rings. The van der Waals surface area contributed by atoms with Gasteiger partial charge in [0.1, 0.15) is 18.6 Å². The van der Waals surface area contributed by atoms with Crippen molar-refractivity contribution < 1.29 is 14.6 Å². The van der Waals surface area contributed by atoms with Crippen molar-refractivity contribution in [1.29, 1.82) is 0 Å². The van der Waals surface area contributed by atoms with E-state index in [1.807, 2.05) is 61.5 Å². The van der Waals surface area contributed by atoms with Crippen LogP contribution >= 0.6 is 0 Å². The lowest BCUT2D eigenvalue weighted by molar-refractivity contribution is 0.0340.